The molecule has 138 valence electrons. The van der Waals surface area contributed by atoms with Gasteiger partial charge in [-0.3, -0.25) is 14.3 Å². The Labute approximate surface area is 149 Å². The smallest absolute Gasteiger partial charge is 0.245 e. The molecule has 1 aromatic rings. The Morgan fingerprint density at radius 2 is 2.08 bits per heavy atom. The van der Waals surface area contributed by atoms with Gasteiger partial charge in [-0.15, -0.1) is 0 Å². The number of amides is 2. The molecule has 0 saturated carbocycles. The molecule has 2 aliphatic rings. The summed E-state index contributed by atoms with van der Waals surface area (Å²) in [5.74, 6) is 0.224. The van der Waals surface area contributed by atoms with Crippen molar-refractivity contribution in [2.24, 2.45) is 13.0 Å². The van der Waals surface area contributed by atoms with Gasteiger partial charge in [-0.25, -0.2) is 0 Å². The highest BCUT2D eigenvalue weighted by Crippen LogP contribution is 2.32. The molecule has 2 amide bonds. The van der Waals surface area contributed by atoms with Crippen molar-refractivity contribution in [1.29, 1.82) is 0 Å². The Bertz CT molecular complexity index is 625. The normalized spacial score (nSPS) is 26.2. The quantitative estimate of drug-likeness (QED) is 0.846. The van der Waals surface area contributed by atoms with Gasteiger partial charge < -0.3 is 15.1 Å². The predicted molar refractivity (Wildman–Crippen MR) is 95.0 cm³/mol. The minimum atomic E-state index is -0.289. The maximum atomic E-state index is 13.2. The number of carbonyl (C=O) groups excluding carboxylic acids is 2. The molecule has 2 aliphatic heterocycles. The zero-order valence-corrected chi connectivity index (χ0v) is 15.4. The highest BCUT2D eigenvalue weighted by molar-refractivity contribution is 5.89. The van der Waals surface area contributed by atoms with Crippen molar-refractivity contribution in [2.45, 2.75) is 38.6 Å². The Kier molecular flexibility index (Phi) is 5.42. The second-order valence-electron chi connectivity index (χ2n) is 7.02. The highest BCUT2D eigenvalue weighted by atomic mass is 16.2. The molecular formula is C18H29N5O2. The van der Waals surface area contributed by atoms with Gasteiger partial charge in [-0.05, 0) is 32.3 Å². The fraction of sp³-hybridized carbons (Fsp3) is 0.722. The zero-order valence-electron chi connectivity index (χ0n) is 15.4. The van der Waals surface area contributed by atoms with Crippen LogP contribution in [0.1, 0.15) is 38.2 Å². The molecule has 3 heterocycles. The zero-order chi connectivity index (χ0) is 18.0. The van der Waals surface area contributed by atoms with Crippen LogP contribution in [0.25, 0.3) is 0 Å². The minimum Gasteiger partial charge on any atom is -0.341 e. The van der Waals surface area contributed by atoms with E-state index in [1.54, 1.807) is 4.68 Å². The van der Waals surface area contributed by atoms with Gasteiger partial charge in [0.15, 0.2) is 0 Å². The van der Waals surface area contributed by atoms with E-state index in [1.807, 2.05) is 43.1 Å². The molecule has 1 aromatic heterocycles. The van der Waals surface area contributed by atoms with Gasteiger partial charge in [-0.1, -0.05) is 0 Å². The summed E-state index contributed by atoms with van der Waals surface area (Å²) in [7, 11) is 1.89. The van der Waals surface area contributed by atoms with Crippen molar-refractivity contribution in [3.63, 3.8) is 0 Å². The van der Waals surface area contributed by atoms with Gasteiger partial charge in [0.1, 0.15) is 6.04 Å². The number of hydrogen-bond donors (Lipinski definition) is 1. The number of aryl methyl sites for hydroxylation is 1. The summed E-state index contributed by atoms with van der Waals surface area (Å²) in [6, 6.07) is -0.289. The lowest BCUT2D eigenvalue weighted by molar-refractivity contribution is -0.145. The van der Waals surface area contributed by atoms with Gasteiger partial charge in [0.25, 0.3) is 0 Å². The maximum absolute atomic E-state index is 13.2. The molecule has 3 rings (SSSR count). The summed E-state index contributed by atoms with van der Waals surface area (Å²) < 4.78 is 1.78. The SMILES string of the molecule is CCN(CC)C(=O)C1CCCN1C(=O)[C@H]1CNC[C@@H]1c1cnn(C)c1. The van der Waals surface area contributed by atoms with Crippen LogP contribution in [0.15, 0.2) is 12.4 Å². The standard InChI is InChI=1S/C18H29N5O2/c1-4-22(5-2)18(25)16-7-6-8-23(16)17(24)15-11-19-10-14(15)13-9-20-21(3)12-13/h9,12,14-16,19H,4-8,10-11H2,1-3H3/t14-,15+,16?/m1/s1. The van der Waals surface area contributed by atoms with Gasteiger partial charge >= 0.3 is 0 Å². The summed E-state index contributed by atoms with van der Waals surface area (Å²) >= 11 is 0. The molecule has 0 bridgehead atoms. The molecule has 0 aromatic carbocycles. The lowest BCUT2D eigenvalue weighted by atomic mass is 9.89. The Balaban J connectivity index is 1.75. The van der Waals surface area contributed by atoms with E-state index in [9.17, 15) is 9.59 Å². The van der Waals surface area contributed by atoms with Crippen LogP contribution in [0.5, 0.6) is 0 Å². The largest absolute Gasteiger partial charge is 0.341 e. The van der Waals surface area contributed by atoms with Crippen LogP contribution in [0.3, 0.4) is 0 Å². The van der Waals surface area contributed by atoms with Crippen molar-refractivity contribution < 1.29 is 9.59 Å². The lowest BCUT2D eigenvalue weighted by Gasteiger charge is -2.31. The Morgan fingerprint density at radius 1 is 1.32 bits per heavy atom. The molecule has 25 heavy (non-hydrogen) atoms. The van der Waals surface area contributed by atoms with Crippen LogP contribution >= 0.6 is 0 Å². The third kappa shape index (κ3) is 3.42. The number of nitrogens with one attached hydrogen (secondary N) is 1. The van der Waals surface area contributed by atoms with Crippen molar-refractivity contribution in [3.8, 4) is 0 Å². The van der Waals surface area contributed by atoms with Gasteiger partial charge in [0.05, 0.1) is 12.1 Å². The minimum absolute atomic E-state index is 0.0970. The van der Waals surface area contributed by atoms with E-state index in [2.05, 4.69) is 10.4 Å². The van der Waals surface area contributed by atoms with Crippen LogP contribution in [-0.4, -0.2) is 70.2 Å². The molecule has 2 fully saturated rings. The molecule has 7 heteroatoms. The van der Waals surface area contributed by atoms with Gasteiger partial charge in [-0.2, -0.15) is 5.10 Å². The highest BCUT2D eigenvalue weighted by Gasteiger charge is 2.42. The number of carbonyl (C=O) groups is 2. The molecule has 1 N–H and O–H groups in total. The fourth-order valence-electron chi connectivity index (χ4n) is 4.17. The molecular weight excluding hydrogens is 318 g/mol. The summed E-state index contributed by atoms with van der Waals surface area (Å²) in [4.78, 5) is 29.7. The molecule has 2 saturated heterocycles. The summed E-state index contributed by atoms with van der Waals surface area (Å²) in [6.45, 7) is 7.50. The number of nitrogens with zero attached hydrogens (tertiary/aromatic N) is 4. The average molecular weight is 347 g/mol. The summed E-state index contributed by atoms with van der Waals surface area (Å²) in [5.41, 5.74) is 1.09. The first-order valence-corrected chi connectivity index (χ1v) is 9.35. The van der Waals surface area contributed by atoms with Crippen LogP contribution in [0, 0.1) is 5.92 Å². The van der Waals surface area contributed by atoms with E-state index in [-0.39, 0.29) is 29.7 Å². The van der Waals surface area contributed by atoms with E-state index in [0.29, 0.717) is 26.2 Å². The van der Waals surface area contributed by atoms with E-state index in [0.717, 1.165) is 24.9 Å². The van der Waals surface area contributed by atoms with Crippen molar-refractivity contribution >= 4 is 11.8 Å². The van der Waals surface area contributed by atoms with E-state index >= 15 is 0 Å². The van der Waals surface area contributed by atoms with E-state index in [4.69, 9.17) is 0 Å². The first kappa shape index (κ1) is 17.9. The first-order chi connectivity index (χ1) is 12.1. The number of rotatable bonds is 5. The Morgan fingerprint density at radius 3 is 2.72 bits per heavy atom. The molecule has 7 nitrogen and oxygen atoms in total. The number of hydrogen-bond acceptors (Lipinski definition) is 4. The number of likely N-dealkylation sites (N-methyl/N-ethyl adjacent to an activating group) is 1. The second-order valence-corrected chi connectivity index (χ2v) is 7.02. The van der Waals surface area contributed by atoms with Crippen molar-refractivity contribution in [1.82, 2.24) is 24.9 Å². The van der Waals surface area contributed by atoms with Crippen molar-refractivity contribution in [2.75, 3.05) is 32.7 Å². The molecule has 0 radical (unpaired) electrons. The van der Waals surface area contributed by atoms with Crippen molar-refractivity contribution in [3.05, 3.63) is 18.0 Å². The lowest BCUT2D eigenvalue weighted by Crippen LogP contribution is -2.50. The van der Waals surface area contributed by atoms with Crippen LogP contribution < -0.4 is 5.32 Å². The topological polar surface area (TPSA) is 70.5 Å². The maximum Gasteiger partial charge on any atom is 0.245 e. The third-order valence-electron chi connectivity index (χ3n) is 5.58. The monoisotopic (exact) mass is 347 g/mol. The fourth-order valence-corrected chi connectivity index (χ4v) is 4.17. The summed E-state index contributed by atoms with van der Waals surface area (Å²) in [5, 5.41) is 7.59. The predicted octanol–water partition coefficient (Wildman–Crippen LogP) is 0.583. The third-order valence-corrected chi connectivity index (χ3v) is 5.58. The molecule has 0 spiro atoms. The van der Waals surface area contributed by atoms with Gasteiger partial charge in [0, 0.05) is 51.9 Å². The van der Waals surface area contributed by atoms with E-state index in [1.165, 1.54) is 0 Å². The molecule has 1 unspecified atom stereocenters. The van der Waals surface area contributed by atoms with Crippen LogP contribution in [0.4, 0.5) is 0 Å². The second kappa shape index (κ2) is 7.56. The van der Waals surface area contributed by atoms with Crippen LogP contribution in [0.2, 0.25) is 0 Å². The number of likely N-dealkylation sites (tertiary alicyclic amines) is 1. The van der Waals surface area contributed by atoms with Crippen LogP contribution in [-0.2, 0) is 16.6 Å². The Hall–Kier alpha value is -1.89. The van der Waals surface area contributed by atoms with Gasteiger partial charge in [0.2, 0.25) is 11.8 Å². The summed E-state index contributed by atoms with van der Waals surface area (Å²) in [6.07, 6.45) is 5.51. The molecule has 3 atom stereocenters. The van der Waals surface area contributed by atoms with E-state index < -0.39 is 0 Å². The number of aromatic nitrogens is 2. The average Bonchev–Trinajstić information content (AvgIpc) is 3.34. The first-order valence-electron chi connectivity index (χ1n) is 9.35. The molecule has 0 aliphatic carbocycles.